The Labute approximate surface area is 108 Å². The minimum absolute atomic E-state index is 0.167. The summed E-state index contributed by atoms with van der Waals surface area (Å²) in [7, 11) is 0. The summed E-state index contributed by atoms with van der Waals surface area (Å²) < 4.78 is 11.1. The van der Waals surface area contributed by atoms with Crippen LogP contribution in [-0.4, -0.2) is 62.9 Å². The van der Waals surface area contributed by atoms with E-state index in [4.69, 9.17) is 9.47 Å². The summed E-state index contributed by atoms with van der Waals surface area (Å²) in [6.45, 7) is 5.58. The SMILES string of the molecule is O=C([C@@H]1C[C@@]2(CCCNC2)CO1)N1CCOCC1. The fourth-order valence-corrected chi connectivity index (χ4v) is 3.26. The molecule has 1 spiro atoms. The van der Waals surface area contributed by atoms with E-state index in [0.29, 0.717) is 26.3 Å². The summed E-state index contributed by atoms with van der Waals surface area (Å²) in [5.74, 6) is 0.167. The predicted molar refractivity (Wildman–Crippen MR) is 66.3 cm³/mol. The first-order chi connectivity index (χ1) is 8.79. The molecule has 3 aliphatic heterocycles. The molecule has 3 rings (SSSR count). The van der Waals surface area contributed by atoms with Crippen LogP contribution in [0.3, 0.4) is 0 Å². The van der Waals surface area contributed by atoms with E-state index in [2.05, 4.69) is 5.32 Å². The van der Waals surface area contributed by atoms with Crippen LogP contribution in [-0.2, 0) is 14.3 Å². The van der Waals surface area contributed by atoms with Crippen LogP contribution in [0.2, 0.25) is 0 Å². The standard InChI is InChI=1S/C13H22N2O3/c16-12(15-4-6-17-7-5-15)11-8-13(10-18-11)2-1-3-14-9-13/h11,14H,1-10H2/t11-,13+/m0/s1. The van der Waals surface area contributed by atoms with Gasteiger partial charge in [-0.1, -0.05) is 0 Å². The van der Waals surface area contributed by atoms with E-state index in [1.54, 1.807) is 0 Å². The van der Waals surface area contributed by atoms with Crippen molar-refractivity contribution in [3.05, 3.63) is 0 Å². The third kappa shape index (κ3) is 2.39. The van der Waals surface area contributed by atoms with E-state index in [0.717, 1.165) is 26.1 Å². The van der Waals surface area contributed by atoms with E-state index in [-0.39, 0.29) is 17.4 Å². The third-order valence-electron chi connectivity index (χ3n) is 4.37. The average Bonchev–Trinajstić information content (AvgIpc) is 2.83. The van der Waals surface area contributed by atoms with Crippen LogP contribution in [0.5, 0.6) is 0 Å². The minimum Gasteiger partial charge on any atom is -0.378 e. The van der Waals surface area contributed by atoms with Crippen molar-refractivity contribution in [1.29, 1.82) is 0 Å². The van der Waals surface area contributed by atoms with Gasteiger partial charge < -0.3 is 19.7 Å². The van der Waals surface area contributed by atoms with Gasteiger partial charge in [-0.05, 0) is 25.8 Å². The van der Waals surface area contributed by atoms with Crippen molar-refractivity contribution >= 4 is 5.91 Å². The molecule has 0 bridgehead atoms. The van der Waals surface area contributed by atoms with Crippen molar-refractivity contribution in [1.82, 2.24) is 10.2 Å². The van der Waals surface area contributed by atoms with Gasteiger partial charge in [-0.15, -0.1) is 0 Å². The zero-order chi connectivity index (χ0) is 12.4. The molecule has 1 amide bonds. The average molecular weight is 254 g/mol. The molecule has 3 aliphatic rings. The maximum atomic E-state index is 12.4. The molecule has 0 aromatic rings. The molecule has 3 fully saturated rings. The third-order valence-corrected chi connectivity index (χ3v) is 4.37. The van der Waals surface area contributed by atoms with Gasteiger partial charge in [0.05, 0.1) is 19.8 Å². The Morgan fingerprint density at radius 1 is 1.33 bits per heavy atom. The zero-order valence-corrected chi connectivity index (χ0v) is 10.8. The van der Waals surface area contributed by atoms with Crippen LogP contribution in [0, 0.1) is 5.41 Å². The summed E-state index contributed by atoms with van der Waals surface area (Å²) >= 11 is 0. The second-order valence-electron chi connectivity index (χ2n) is 5.72. The summed E-state index contributed by atoms with van der Waals surface area (Å²) in [5.41, 5.74) is 0.213. The molecule has 0 aromatic heterocycles. The molecular formula is C13H22N2O3. The van der Waals surface area contributed by atoms with Crippen molar-refractivity contribution in [3.8, 4) is 0 Å². The number of piperidine rings is 1. The van der Waals surface area contributed by atoms with Crippen LogP contribution < -0.4 is 5.32 Å². The largest absolute Gasteiger partial charge is 0.378 e. The van der Waals surface area contributed by atoms with Crippen LogP contribution in [0.1, 0.15) is 19.3 Å². The molecule has 0 radical (unpaired) electrons. The van der Waals surface area contributed by atoms with E-state index in [1.165, 1.54) is 12.8 Å². The monoisotopic (exact) mass is 254 g/mol. The van der Waals surface area contributed by atoms with E-state index >= 15 is 0 Å². The molecule has 5 nitrogen and oxygen atoms in total. The quantitative estimate of drug-likeness (QED) is 0.716. The summed E-state index contributed by atoms with van der Waals surface area (Å²) in [5, 5.41) is 3.43. The first kappa shape index (κ1) is 12.4. The summed E-state index contributed by atoms with van der Waals surface area (Å²) in [6.07, 6.45) is 3.05. The lowest BCUT2D eigenvalue weighted by molar-refractivity contribution is -0.144. The molecule has 2 atom stereocenters. The second-order valence-corrected chi connectivity index (χ2v) is 5.72. The number of carbonyl (C=O) groups excluding carboxylic acids is 1. The number of hydrogen-bond donors (Lipinski definition) is 1. The molecule has 1 N–H and O–H groups in total. The van der Waals surface area contributed by atoms with Gasteiger partial charge in [0.2, 0.25) is 0 Å². The van der Waals surface area contributed by atoms with Crippen LogP contribution >= 0.6 is 0 Å². The van der Waals surface area contributed by atoms with Crippen molar-refractivity contribution in [2.45, 2.75) is 25.4 Å². The molecule has 18 heavy (non-hydrogen) atoms. The molecule has 0 aromatic carbocycles. The first-order valence-corrected chi connectivity index (χ1v) is 6.98. The number of amides is 1. The number of rotatable bonds is 1. The fourth-order valence-electron chi connectivity index (χ4n) is 3.26. The number of carbonyl (C=O) groups is 1. The van der Waals surface area contributed by atoms with Gasteiger partial charge in [0, 0.05) is 25.0 Å². The maximum Gasteiger partial charge on any atom is 0.251 e. The van der Waals surface area contributed by atoms with Gasteiger partial charge in [0.1, 0.15) is 6.10 Å². The molecule has 3 heterocycles. The maximum absolute atomic E-state index is 12.4. The highest BCUT2D eigenvalue weighted by Crippen LogP contribution is 2.38. The van der Waals surface area contributed by atoms with Gasteiger partial charge in [-0.2, -0.15) is 0 Å². The predicted octanol–water partition coefficient (Wildman–Crippen LogP) is 0.00390. The Hall–Kier alpha value is -0.650. The van der Waals surface area contributed by atoms with Crippen LogP contribution in [0.4, 0.5) is 0 Å². The Bertz CT molecular complexity index is 309. The van der Waals surface area contributed by atoms with Crippen LogP contribution in [0.25, 0.3) is 0 Å². The molecule has 5 heteroatoms. The zero-order valence-electron chi connectivity index (χ0n) is 10.8. The van der Waals surface area contributed by atoms with Crippen molar-refractivity contribution in [2.75, 3.05) is 46.0 Å². The Morgan fingerprint density at radius 3 is 2.89 bits per heavy atom. The number of morpholine rings is 1. The molecule has 3 saturated heterocycles. The van der Waals surface area contributed by atoms with Crippen LogP contribution in [0.15, 0.2) is 0 Å². The molecular weight excluding hydrogens is 232 g/mol. The molecule has 0 saturated carbocycles. The van der Waals surface area contributed by atoms with Gasteiger partial charge in [-0.25, -0.2) is 0 Å². The first-order valence-electron chi connectivity index (χ1n) is 6.98. The van der Waals surface area contributed by atoms with Gasteiger partial charge in [-0.3, -0.25) is 4.79 Å². The van der Waals surface area contributed by atoms with E-state index in [9.17, 15) is 4.79 Å². The van der Waals surface area contributed by atoms with Crippen molar-refractivity contribution in [3.63, 3.8) is 0 Å². The van der Waals surface area contributed by atoms with Gasteiger partial charge >= 0.3 is 0 Å². The fraction of sp³-hybridized carbons (Fsp3) is 0.923. The topological polar surface area (TPSA) is 50.8 Å². The number of hydrogen-bond acceptors (Lipinski definition) is 4. The van der Waals surface area contributed by atoms with E-state index < -0.39 is 0 Å². The van der Waals surface area contributed by atoms with Crippen molar-refractivity contribution < 1.29 is 14.3 Å². The highest BCUT2D eigenvalue weighted by atomic mass is 16.5. The van der Waals surface area contributed by atoms with Gasteiger partial charge in [0.15, 0.2) is 0 Å². The lowest BCUT2D eigenvalue weighted by atomic mass is 9.79. The molecule has 0 aliphatic carbocycles. The molecule has 102 valence electrons. The lowest BCUT2D eigenvalue weighted by Crippen LogP contribution is -2.46. The molecule has 0 unspecified atom stereocenters. The highest BCUT2D eigenvalue weighted by molar-refractivity contribution is 5.81. The second kappa shape index (κ2) is 5.15. The summed E-state index contributed by atoms with van der Waals surface area (Å²) in [4.78, 5) is 14.2. The number of nitrogens with zero attached hydrogens (tertiary/aromatic N) is 1. The minimum atomic E-state index is -0.219. The van der Waals surface area contributed by atoms with Gasteiger partial charge in [0.25, 0.3) is 5.91 Å². The highest BCUT2D eigenvalue weighted by Gasteiger charge is 2.44. The normalized spacial score (nSPS) is 37.1. The smallest absolute Gasteiger partial charge is 0.251 e. The Kier molecular flexibility index (Phi) is 3.54. The summed E-state index contributed by atoms with van der Waals surface area (Å²) in [6, 6.07) is 0. The Balaban J connectivity index is 1.59. The van der Waals surface area contributed by atoms with Crippen molar-refractivity contribution in [2.24, 2.45) is 5.41 Å². The number of ether oxygens (including phenoxy) is 2. The van der Waals surface area contributed by atoms with E-state index in [1.807, 2.05) is 4.90 Å². The lowest BCUT2D eigenvalue weighted by Gasteiger charge is -2.33. The number of nitrogens with one attached hydrogen (secondary N) is 1. The Morgan fingerprint density at radius 2 is 2.17 bits per heavy atom.